The molecule has 0 aliphatic heterocycles. The van der Waals surface area contributed by atoms with Crippen LogP contribution in [0.25, 0.3) is 0 Å². The van der Waals surface area contributed by atoms with E-state index in [2.05, 4.69) is 25.8 Å². The smallest absolute Gasteiger partial charge is 0.336 e. The maximum atomic E-state index is 10.5. The minimum Gasteiger partial charge on any atom is -0.478 e. The van der Waals surface area contributed by atoms with Crippen LogP contribution in [0.1, 0.15) is 27.6 Å². The lowest BCUT2D eigenvalue weighted by Crippen LogP contribution is -2.01. The summed E-state index contributed by atoms with van der Waals surface area (Å²) in [6.07, 6.45) is 2.10. The van der Waals surface area contributed by atoms with Gasteiger partial charge in [0.25, 0.3) is 0 Å². The quantitative estimate of drug-likeness (QED) is 0.739. The molecule has 17 heavy (non-hydrogen) atoms. The van der Waals surface area contributed by atoms with E-state index < -0.39 is 11.9 Å². The third-order valence-corrected chi connectivity index (χ3v) is 2.71. The van der Waals surface area contributed by atoms with E-state index in [0.717, 1.165) is 0 Å². The van der Waals surface area contributed by atoms with Crippen LogP contribution in [-0.2, 0) is 0 Å². The van der Waals surface area contributed by atoms with Crippen LogP contribution in [-0.4, -0.2) is 34.2 Å². The molecule has 0 aliphatic rings. The van der Waals surface area contributed by atoms with Crippen molar-refractivity contribution in [3.05, 3.63) is 29.3 Å². The predicted octanol–water partition coefficient (Wildman–Crippen LogP) is 2.74. The molecule has 4 nitrogen and oxygen atoms in total. The number of carboxylic acids is 2. The number of thioether (sulfide) groups is 1. The summed E-state index contributed by atoms with van der Waals surface area (Å²) in [7, 11) is 0. The number of carboxylic acid groups (broad SMARTS) is 2. The zero-order valence-corrected chi connectivity index (χ0v) is 11.2. The van der Waals surface area contributed by atoms with Gasteiger partial charge in [-0.1, -0.05) is 6.92 Å². The van der Waals surface area contributed by atoms with Crippen molar-refractivity contribution >= 4 is 36.3 Å². The fourth-order valence-electron chi connectivity index (χ4n) is 0.846. The molecule has 0 saturated carbocycles. The minimum absolute atomic E-state index is 0.00617. The molecule has 0 fully saturated rings. The average Bonchev–Trinajstić information content (AvgIpc) is 2.28. The highest BCUT2D eigenvalue weighted by Crippen LogP contribution is 2.15. The molecule has 6 heteroatoms. The lowest BCUT2D eigenvalue weighted by atomic mass is 10.1. The molecule has 94 valence electrons. The molecular weight excluding hydrogens is 260 g/mol. The van der Waals surface area contributed by atoms with Crippen LogP contribution in [0.3, 0.4) is 0 Å². The highest BCUT2D eigenvalue weighted by molar-refractivity contribution is 7.98. The third kappa shape index (κ3) is 5.65. The zero-order valence-electron chi connectivity index (χ0n) is 9.51. The molecule has 0 unspecified atom stereocenters. The molecule has 2 N–H and O–H groups in total. The molecule has 0 spiro atoms. The molecule has 0 aromatic heterocycles. The summed E-state index contributed by atoms with van der Waals surface area (Å²) in [5.74, 6) is -0.992. The van der Waals surface area contributed by atoms with Gasteiger partial charge in [0.05, 0.1) is 11.1 Å². The fourth-order valence-corrected chi connectivity index (χ4v) is 1.15. The number of aromatic carboxylic acids is 2. The zero-order chi connectivity index (χ0) is 13.4. The summed E-state index contributed by atoms with van der Waals surface area (Å²) in [5, 5.41) is 17.2. The lowest BCUT2D eigenvalue weighted by molar-refractivity contribution is 0.0678. The van der Waals surface area contributed by atoms with Crippen LogP contribution in [0.2, 0.25) is 0 Å². The van der Waals surface area contributed by atoms with Gasteiger partial charge < -0.3 is 10.2 Å². The standard InChI is InChI=1S/C8H6O4S.C3H8S/c9-7(10)4-1-2-5(8(11)12)6(13)3-4;1-3-4-2/h1-3,13H,(H,9,10)(H,11,12);3H2,1-2H3. The number of rotatable bonds is 3. The van der Waals surface area contributed by atoms with Crippen molar-refractivity contribution < 1.29 is 19.8 Å². The van der Waals surface area contributed by atoms with Gasteiger partial charge in [0.2, 0.25) is 0 Å². The summed E-state index contributed by atoms with van der Waals surface area (Å²) in [4.78, 5) is 21.1. The molecule has 0 atom stereocenters. The van der Waals surface area contributed by atoms with Gasteiger partial charge in [-0.2, -0.15) is 11.8 Å². The molecule has 0 bridgehead atoms. The van der Waals surface area contributed by atoms with Crippen molar-refractivity contribution in [1.82, 2.24) is 0 Å². The highest BCUT2D eigenvalue weighted by Gasteiger charge is 2.10. The largest absolute Gasteiger partial charge is 0.478 e. The molecule has 1 aromatic rings. The van der Waals surface area contributed by atoms with Crippen LogP contribution < -0.4 is 0 Å². The Kier molecular flexibility index (Phi) is 7.49. The van der Waals surface area contributed by atoms with Gasteiger partial charge in [-0.05, 0) is 30.2 Å². The Hall–Kier alpha value is -1.14. The minimum atomic E-state index is -1.12. The first-order valence-corrected chi connectivity index (χ1v) is 6.56. The predicted molar refractivity (Wildman–Crippen MR) is 71.7 cm³/mol. The normalized spacial score (nSPS) is 9.12. The molecule has 0 radical (unpaired) electrons. The third-order valence-electron chi connectivity index (χ3n) is 1.76. The second-order valence-electron chi connectivity index (χ2n) is 2.92. The van der Waals surface area contributed by atoms with E-state index in [4.69, 9.17) is 10.2 Å². The number of hydrogen-bond donors (Lipinski definition) is 3. The summed E-state index contributed by atoms with van der Waals surface area (Å²) in [6.45, 7) is 2.14. The van der Waals surface area contributed by atoms with E-state index in [1.54, 1.807) is 0 Å². The van der Waals surface area contributed by atoms with Crippen molar-refractivity contribution in [2.24, 2.45) is 0 Å². The second kappa shape index (κ2) is 8.03. The summed E-state index contributed by atoms with van der Waals surface area (Å²) >= 11 is 5.71. The molecule has 1 aromatic carbocycles. The first kappa shape index (κ1) is 15.9. The van der Waals surface area contributed by atoms with Crippen molar-refractivity contribution in [1.29, 1.82) is 0 Å². The van der Waals surface area contributed by atoms with E-state index in [1.165, 1.54) is 24.0 Å². The summed E-state index contributed by atoms with van der Waals surface area (Å²) < 4.78 is 0. The van der Waals surface area contributed by atoms with Crippen LogP contribution >= 0.6 is 24.4 Å². The van der Waals surface area contributed by atoms with Crippen molar-refractivity contribution in [3.63, 3.8) is 0 Å². The van der Waals surface area contributed by atoms with Gasteiger partial charge in [-0.15, -0.1) is 12.6 Å². The van der Waals surface area contributed by atoms with Crippen molar-refractivity contribution in [2.45, 2.75) is 11.8 Å². The van der Waals surface area contributed by atoms with Crippen LogP contribution in [0, 0.1) is 0 Å². The lowest BCUT2D eigenvalue weighted by Gasteiger charge is -2.00. The number of thiol groups is 1. The highest BCUT2D eigenvalue weighted by atomic mass is 32.2. The molecule has 0 saturated heterocycles. The molecule has 0 aliphatic carbocycles. The van der Waals surface area contributed by atoms with E-state index >= 15 is 0 Å². The van der Waals surface area contributed by atoms with Gasteiger partial charge >= 0.3 is 11.9 Å². The van der Waals surface area contributed by atoms with E-state index in [9.17, 15) is 9.59 Å². The molecule has 0 amide bonds. The number of hydrogen-bond acceptors (Lipinski definition) is 4. The van der Waals surface area contributed by atoms with Gasteiger partial charge in [0.1, 0.15) is 0 Å². The summed E-state index contributed by atoms with van der Waals surface area (Å²) in [6, 6.07) is 3.65. The SMILES string of the molecule is CCSC.O=C(O)c1ccc(C(=O)O)c(S)c1. The fraction of sp³-hybridized carbons (Fsp3) is 0.273. The van der Waals surface area contributed by atoms with Gasteiger partial charge in [-0.3, -0.25) is 0 Å². The van der Waals surface area contributed by atoms with Gasteiger partial charge in [0.15, 0.2) is 0 Å². The maximum absolute atomic E-state index is 10.5. The Morgan fingerprint density at radius 2 is 1.82 bits per heavy atom. The van der Waals surface area contributed by atoms with Crippen molar-refractivity contribution in [2.75, 3.05) is 12.0 Å². The topological polar surface area (TPSA) is 74.6 Å². The first-order valence-electron chi connectivity index (χ1n) is 4.72. The van der Waals surface area contributed by atoms with E-state index in [-0.39, 0.29) is 16.0 Å². The Bertz CT molecular complexity index is 402. The van der Waals surface area contributed by atoms with Gasteiger partial charge in [0, 0.05) is 4.90 Å². The monoisotopic (exact) mass is 274 g/mol. The number of carbonyl (C=O) groups is 2. The molecule has 1 rings (SSSR count). The Morgan fingerprint density at radius 1 is 1.29 bits per heavy atom. The summed E-state index contributed by atoms with van der Waals surface area (Å²) in [5.41, 5.74) is 0.0170. The maximum Gasteiger partial charge on any atom is 0.336 e. The Labute approximate surface area is 109 Å². The average molecular weight is 274 g/mol. The number of benzene rings is 1. The molecular formula is C11H14O4S2. The van der Waals surface area contributed by atoms with Crippen LogP contribution in [0.4, 0.5) is 0 Å². The Morgan fingerprint density at radius 3 is 2.12 bits per heavy atom. The Balaban J connectivity index is 0.000000557. The van der Waals surface area contributed by atoms with Crippen LogP contribution in [0.5, 0.6) is 0 Å². The second-order valence-corrected chi connectivity index (χ2v) is 4.56. The van der Waals surface area contributed by atoms with E-state index in [1.807, 2.05) is 11.8 Å². The van der Waals surface area contributed by atoms with Crippen LogP contribution in [0.15, 0.2) is 23.1 Å². The molecule has 0 heterocycles. The van der Waals surface area contributed by atoms with E-state index in [0.29, 0.717) is 0 Å². The first-order chi connectivity index (χ1) is 7.93. The van der Waals surface area contributed by atoms with Gasteiger partial charge in [-0.25, -0.2) is 9.59 Å². The van der Waals surface area contributed by atoms with Crippen molar-refractivity contribution in [3.8, 4) is 0 Å².